The Hall–Kier alpha value is -2.01. The predicted molar refractivity (Wildman–Crippen MR) is 65.7 cm³/mol. The number of benzene rings is 2. The van der Waals surface area contributed by atoms with Crippen LogP contribution in [0.5, 0.6) is 0 Å². The molecule has 98 valence electrons. The molecular weight excluding hydrogens is 279 g/mol. The maximum atomic E-state index is 13.5. The number of rotatable bonds is 2. The van der Waals surface area contributed by atoms with Gasteiger partial charge in [0, 0.05) is 11.8 Å². The second-order valence-electron chi connectivity index (χ2n) is 3.71. The number of hydrogen-bond acceptors (Lipinski definition) is 1. The quantitative estimate of drug-likeness (QED) is 0.887. The SMILES string of the molecule is O=C(Nc1cc(F)cc(F)c1)c1c(F)cccc1Cl. The third kappa shape index (κ3) is 3.06. The van der Waals surface area contributed by atoms with Gasteiger partial charge < -0.3 is 5.32 Å². The molecule has 0 aliphatic carbocycles. The molecule has 0 saturated carbocycles. The molecule has 2 rings (SSSR count). The van der Waals surface area contributed by atoms with E-state index in [0.29, 0.717) is 6.07 Å². The second kappa shape index (κ2) is 5.32. The van der Waals surface area contributed by atoms with Crippen molar-refractivity contribution in [2.45, 2.75) is 0 Å². The zero-order valence-electron chi connectivity index (χ0n) is 9.38. The standard InChI is InChI=1S/C13H7ClF3NO/c14-10-2-1-3-11(17)12(10)13(19)18-9-5-7(15)4-8(16)6-9/h1-6H,(H,18,19). The van der Waals surface area contributed by atoms with Crippen LogP contribution in [-0.4, -0.2) is 5.91 Å². The van der Waals surface area contributed by atoms with E-state index in [9.17, 15) is 18.0 Å². The van der Waals surface area contributed by atoms with Gasteiger partial charge in [0.1, 0.15) is 17.5 Å². The fourth-order valence-corrected chi connectivity index (χ4v) is 1.78. The Kier molecular flexibility index (Phi) is 3.76. The van der Waals surface area contributed by atoms with Crippen molar-refractivity contribution in [3.63, 3.8) is 0 Å². The molecular formula is C13H7ClF3NO. The average molecular weight is 286 g/mol. The molecule has 0 fully saturated rings. The van der Waals surface area contributed by atoms with Crippen LogP contribution in [0.1, 0.15) is 10.4 Å². The number of carbonyl (C=O) groups excluding carboxylic acids is 1. The summed E-state index contributed by atoms with van der Waals surface area (Å²) in [5.74, 6) is -3.40. The van der Waals surface area contributed by atoms with Gasteiger partial charge in [-0.15, -0.1) is 0 Å². The molecule has 0 saturated heterocycles. The van der Waals surface area contributed by atoms with Crippen LogP contribution in [0, 0.1) is 17.5 Å². The topological polar surface area (TPSA) is 29.1 Å². The largest absolute Gasteiger partial charge is 0.322 e. The van der Waals surface area contributed by atoms with Gasteiger partial charge in [-0.25, -0.2) is 13.2 Å². The van der Waals surface area contributed by atoms with Crippen LogP contribution in [0.3, 0.4) is 0 Å². The van der Waals surface area contributed by atoms with Crippen LogP contribution in [0.2, 0.25) is 5.02 Å². The highest BCUT2D eigenvalue weighted by Crippen LogP contribution is 2.21. The van der Waals surface area contributed by atoms with Crippen molar-refractivity contribution in [2.24, 2.45) is 0 Å². The van der Waals surface area contributed by atoms with Gasteiger partial charge in [-0.1, -0.05) is 17.7 Å². The Balaban J connectivity index is 2.31. The average Bonchev–Trinajstić information content (AvgIpc) is 2.26. The summed E-state index contributed by atoms with van der Waals surface area (Å²) in [6.07, 6.45) is 0. The molecule has 0 atom stereocenters. The maximum Gasteiger partial charge on any atom is 0.260 e. The number of hydrogen-bond donors (Lipinski definition) is 1. The van der Waals surface area contributed by atoms with Gasteiger partial charge >= 0.3 is 0 Å². The lowest BCUT2D eigenvalue weighted by atomic mass is 10.2. The first kappa shape index (κ1) is 13.4. The molecule has 0 aliphatic rings. The summed E-state index contributed by atoms with van der Waals surface area (Å²) in [6.45, 7) is 0. The van der Waals surface area contributed by atoms with Crippen LogP contribution >= 0.6 is 11.6 Å². The molecule has 0 spiro atoms. The first-order valence-electron chi connectivity index (χ1n) is 5.19. The molecule has 1 N–H and O–H groups in total. The Morgan fingerprint density at radius 3 is 2.26 bits per heavy atom. The fraction of sp³-hybridized carbons (Fsp3) is 0. The lowest BCUT2D eigenvalue weighted by Gasteiger charge is -2.08. The van der Waals surface area contributed by atoms with Crippen LogP contribution in [-0.2, 0) is 0 Å². The van der Waals surface area contributed by atoms with Crippen molar-refractivity contribution in [1.29, 1.82) is 0 Å². The van der Waals surface area contributed by atoms with Gasteiger partial charge in [0.2, 0.25) is 0 Å². The van der Waals surface area contributed by atoms with E-state index < -0.39 is 23.4 Å². The zero-order valence-corrected chi connectivity index (χ0v) is 10.1. The minimum absolute atomic E-state index is 0.0885. The first-order valence-corrected chi connectivity index (χ1v) is 5.56. The summed E-state index contributed by atoms with van der Waals surface area (Å²) in [5, 5.41) is 2.09. The molecule has 2 nitrogen and oxygen atoms in total. The van der Waals surface area contributed by atoms with Gasteiger partial charge in [-0.05, 0) is 24.3 Å². The van der Waals surface area contributed by atoms with E-state index >= 15 is 0 Å². The fourth-order valence-electron chi connectivity index (χ4n) is 1.53. The van der Waals surface area contributed by atoms with Crippen LogP contribution in [0.15, 0.2) is 36.4 Å². The normalized spacial score (nSPS) is 10.3. The number of halogens is 4. The number of amides is 1. The molecule has 1 amide bonds. The van der Waals surface area contributed by atoms with Crippen LogP contribution in [0.25, 0.3) is 0 Å². The molecule has 0 radical (unpaired) electrons. The van der Waals surface area contributed by atoms with Gasteiger partial charge in [0.15, 0.2) is 0 Å². The summed E-state index contributed by atoms with van der Waals surface area (Å²) in [5.41, 5.74) is -0.504. The van der Waals surface area contributed by atoms with E-state index in [2.05, 4.69) is 5.32 Å². The maximum absolute atomic E-state index is 13.5. The third-order valence-corrected chi connectivity index (χ3v) is 2.63. The molecule has 0 heterocycles. The molecule has 2 aromatic rings. The Labute approximate surface area is 111 Å². The van der Waals surface area contributed by atoms with E-state index in [1.54, 1.807) is 0 Å². The van der Waals surface area contributed by atoms with Crippen molar-refractivity contribution in [1.82, 2.24) is 0 Å². The Bertz CT molecular complexity index is 605. The molecule has 0 bridgehead atoms. The van der Waals surface area contributed by atoms with Crippen molar-refractivity contribution in [2.75, 3.05) is 5.32 Å². The Morgan fingerprint density at radius 1 is 1.05 bits per heavy atom. The summed E-state index contributed by atoms with van der Waals surface area (Å²) in [4.78, 5) is 11.8. The van der Waals surface area contributed by atoms with E-state index in [-0.39, 0.29) is 16.3 Å². The molecule has 0 aliphatic heterocycles. The lowest BCUT2D eigenvalue weighted by Crippen LogP contribution is -2.14. The first-order chi connectivity index (χ1) is 8.97. The van der Waals surface area contributed by atoms with Gasteiger partial charge in [-0.3, -0.25) is 4.79 Å². The van der Waals surface area contributed by atoms with Crippen molar-refractivity contribution in [3.05, 3.63) is 64.4 Å². The third-order valence-electron chi connectivity index (χ3n) is 2.31. The summed E-state index contributed by atoms with van der Waals surface area (Å²) in [6, 6.07) is 6.23. The van der Waals surface area contributed by atoms with Crippen molar-refractivity contribution in [3.8, 4) is 0 Å². The van der Waals surface area contributed by atoms with Crippen LogP contribution < -0.4 is 5.32 Å². The highest BCUT2D eigenvalue weighted by Gasteiger charge is 2.16. The summed E-state index contributed by atoms with van der Waals surface area (Å²) < 4.78 is 39.4. The lowest BCUT2D eigenvalue weighted by molar-refractivity contribution is 0.102. The van der Waals surface area contributed by atoms with E-state index in [1.165, 1.54) is 12.1 Å². The number of carbonyl (C=O) groups is 1. The molecule has 19 heavy (non-hydrogen) atoms. The molecule has 0 aromatic heterocycles. The monoisotopic (exact) mass is 285 g/mol. The Morgan fingerprint density at radius 2 is 1.68 bits per heavy atom. The second-order valence-corrected chi connectivity index (χ2v) is 4.12. The van der Waals surface area contributed by atoms with Crippen molar-refractivity contribution >= 4 is 23.2 Å². The van der Waals surface area contributed by atoms with E-state index in [0.717, 1.165) is 18.2 Å². The molecule has 0 unspecified atom stereocenters. The van der Waals surface area contributed by atoms with E-state index in [1.807, 2.05) is 0 Å². The van der Waals surface area contributed by atoms with E-state index in [4.69, 9.17) is 11.6 Å². The predicted octanol–water partition coefficient (Wildman–Crippen LogP) is 4.01. The molecule has 2 aromatic carbocycles. The van der Waals surface area contributed by atoms with Gasteiger partial charge in [0.05, 0.1) is 10.6 Å². The zero-order chi connectivity index (χ0) is 14.0. The highest BCUT2D eigenvalue weighted by molar-refractivity contribution is 6.34. The van der Waals surface area contributed by atoms with Gasteiger partial charge in [0.25, 0.3) is 5.91 Å². The minimum atomic E-state index is -0.881. The van der Waals surface area contributed by atoms with Crippen molar-refractivity contribution < 1.29 is 18.0 Å². The van der Waals surface area contributed by atoms with Crippen LogP contribution in [0.4, 0.5) is 18.9 Å². The summed E-state index contributed by atoms with van der Waals surface area (Å²) in [7, 11) is 0. The number of anilines is 1. The number of nitrogens with one attached hydrogen (secondary N) is 1. The smallest absolute Gasteiger partial charge is 0.260 e. The molecule has 6 heteroatoms. The summed E-state index contributed by atoms with van der Waals surface area (Å²) >= 11 is 5.70. The minimum Gasteiger partial charge on any atom is -0.322 e. The highest BCUT2D eigenvalue weighted by atomic mass is 35.5. The van der Waals surface area contributed by atoms with Gasteiger partial charge in [-0.2, -0.15) is 0 Å².